The van der Waals surface area contributed by atoms with Crippen LogP contribution in [0.5, 0.6) is 0 Å². The van der Waals surface area contributed by atoms with E-state index in [0.717, 1.165) is 12.0 Å². The number of rotatable bonds is 6. The minimum Gasteiger partial charge on any atom is -0.360 e. The lowest BCUT2D eigenvalue weighted by Gasteiger charge is -2.06. The van der Waals surface area contributed by atoms with Gasteiger partial charge in [-0.05, 0) is 24.3 Å². The number of hydrogen-bond acceptors (Lipinski definition) is 3. The van der Waals surface area contributed by atoms with Crippen molar-refractivity contribution < 1.29 is 4.79 Å². The van der Waals surface area contributed by atoms with Gasteiger partial charge in [-0.15, -0.1) is 0 Å². The summed E-state index contributed by atoms with van der Waals surface area (Å²) in [7, 11) is 0. The van der Waals surface area contributed by atoms with Crippen molar-refractivity contribution in [3.8, 4) is 0 Å². The van der Waals surface area contributed by atoms with E-state index in [1.807, 2.05) is 24.4 Å². The Kier molecular flexibility index (Phi) is 3.75. The maximum atomic E-state index is 10.6. The molecule has 0 aromatic carbocycles. The number of nitrogens with zero attached hydrogens (tertiary/aromatic N) is 2. The van der Waals surface area contributed by atoms with Crippen molar-refractivity contribution >= 4 is 12.5 Å². The molecule has 0 amide bonds. The third kappa shape index (κ3) is 3.07. The first kappa shape index (κ1) is 11.2. The molecule has 0 radical (unpaired) electrons. The Hall–Kier alpha value is -2.30. The molecule has 2 aromatic heterocycles. The van der Waals surface area contributed by atoms with E-state index in [-0.39, 0.29) is 0 Å². The smallest absolute Gasteiger partial charge is 0.168 e. The second-order valence-corrected chi connectivity index (χ2v) is 3.49. The zero-order valence-electron chi connectivity index (χ0n) is 9.34. The lowest BCUT2D eigenvalue weighted by atomic mass is 10.5. The molecule has 2 heterocycles. The molecule has 0 atom stereocenters. The predicted molar refractivity (Wildman–Crippen MR) is 67.3 cm³/mol. The van der Waals surface area contributed by atoms with Gasteiger partial charge in [-0.3, -0.25) is 14.5 Å². The Balaban J connectivity index is 1.75. The molecule has 2 aromatic rings. The molecule has 0 aliphatic carbocycles. The third-order valence-corrected chi connectivity index (χ3v) is 2.28. The Morgan fingerprint density at radius 2 is 2.35 bits per heavy atom. The predicted octanol–water partition coefficient (Wildman–Crippen LogP) is 1.29. The topological polar surface area (TPSA) is 62.2 Å². The molecule has 0 fully saturated rings. The highest BCUT2D eigenvalue weighted by molar-refractivity contribution is 5.76. The van der Waals surface area contributed by atoms with Crippen LogP contribution in [0.25, 0.3) is 0 Å². The first-order valence-electron chi connectivity index (χ1n) is 5.40. The number of H-pyrrole nitrogens is 1. The highest BCUT2D eigenvalue weighted by Crippen LogP contribution is 1.95. The van der Waals surface area contributed by atoms with Gasteiger partial charge in [-0.1, -0.05) is 0 Å². The summed E-state index contributed by atoms with van der Waals surface area (Å²) in [5.74, 6) is 0. The summed E-state index contributed by atoms with van der Waals surface area (Å²) in [6, 6.07) is 7.45. The standard InChI is InChI=1S/C12H14N4O/c17-10-12-4-2-8-16(12)15-7-6-13-9-11-3-1-5-14-11/h1-5,8-10,14-15H,6-7H2. The normalized spacial score (nSPS) is 10.8. The molecule has 5 heteroatoms. The second-order valence-electron chi connectivity index (χ2n) is 3.49. The fraction of sp³-hybridized carbons (Fsp3) is 0.167. The monoisotopic (exact) mass is 230 g/mol. The van der Waals surface area contributed by atoms with Gasteiger partial charge in [0.2, 0.25) is 0 Å². The van der Waals surface area contributed by atoms with E-state index >= 15 is 0 Å². The number of aldehydes is 1. The largest absolute Gasteiger partial charge is 0.360 e. The Bertz CT molecular complexity index is 484. The van der Waals surface area contributed by atoms with Gasteiger partial charge in [0.1, 0.15) is 5.69 Å². The summed E-state index contributed by atoms with van der Waals surface area (Å²) in [6.45, 7) is 1.32. The van der Waals surface area contributed by atoms with Crippen LogP contribution in [0.3, 0.4) is 0 Å². The number of aromatic amines is 1. The zero-order valence-corrected chi connectivity index (χ0v) is 9.34. The molecule has 17 heavy (non-hydrogen) atoms. The highest BCUT2D eigenvalue weighted by Gasteiger charge is 1.96. The van der Waals surface area contributed by atoms with Gasteiger partial charge in [0.05, 0.1) is 18.8 Å². The van der Waals surface area contributed by atoms with E-state index in [1.54, 1.807) is 23.2 Å². The van der Waals surface area contributed by atoms with Crippen molar-refractivity contribution in [1.29, 1.82) is 0 Å². The van der Waals surface area contributed by atoms with E-state index in [1.165, 1.54) is 0 Å². The molecule has 0 aliphatic heterocycles. The zero-order chi connectivity index (χ0) is 11.9. The third-order valence-electron chi connectivity index (χ3n) is 2.28. The van der Waals surface area contributed by atoms with Crippen molar-refractivity contribution in [3.63, 3.8) is 0 Å². The molecule has 2 N–H and O–H groups in total. The van der Waals surface area contributed by atoms with Crippen LogP contribution >= 0.6 is 0 Å². The molecule has 0 saturated heterocycles. The number of aliphatic imine (C=N–C) groups is 1. The Morgan fingerprint density at radius 1 is 1.41 bits per heavy atom. The lowest BCUT2D eigenvalue weighted by Crippen LogP contribution is -2.19. The first-order chi connectivity index (χ1) is 8.40. The number of carbonyl (C=O) groups is 1. The minimum atomic E-state index is 0.610. The van der Waals surface area contributed by atoms with Crippen molar-refractivity contribution in [2.75, 3.05) is 18.5 Å². The van der Waals surface area contributed by atoms with Gasteiger partial charge >= 0.3 is 0 Å². The fourth-order valence-electron chi connectivity index (χ4n) is 1.46. The number of aromatic nitrogens is 2. The highest BCUT2D eigenvalue weighted by atomic mass is 16.1. The van der Waals surface area contributed by atoms with Crippen molar-refractivity contribution in [1.82, 2.24) is 9.66 Å². The molecule has 5 nitrogen and oxygen atoms in total. The van der Waals surface area contributed by atoms with E-state index in [9.17, 15) is 4.79 Å². The molecule has 2 rings (SSSR count). The Morgan fingerprint density at radius 3 is 3.12 bits per heavy atom. The maximum Gasteiger partial charge on any atom is 0.168 e. The maximum absolute atomic E-state index is 10.6. The number of nitrogens with one attached hydrogen (secondary N) is 2. The van der Waals surface area contributed by atoms with Gasteiger partial charge in [-0.2, -0.15) is 0 Å². The quantitative estimate of drug-likeness (QED) is 0.446. The first-order valence-corrected chi connectivity index (χ1v) is 5.40. The van der Waals surface area contributed by atoms with E-state index in [0.29, 0.717) is 18.8 Å². The summed E-state index contributed by atoms with van der Waals surface area (Å²) >= 11 is 0. The summed E-state index contributed by atoms with van der Waals surface area (Å²) in [6.07, 6.45) is 6.27. The van der Waals surface area contributed by atoms with Crippen molar-refractivity contribution in [3.05, 3.63) is 48.0 Å². The molecular weight excluding hydrogens is 216 g/mol. The summed E-state index contributed by atoms with van der Waals surface area (Å²) in [5.41, 5.74) is 4.68. The minimum absolute atomic E-state index is 0.610. The second kappa shape index (κ2) is 5.69. The summed E-state index contributed by atoms with van der Waals surface area (Å²) < 4.78 is 1.69. The van der Waals surface area contributed by atoms with E-state index < -0.39 is 0 Å². The average molecular weight is 230 g/mol. The van der Waals surface area contributed by atoms with E-state index in [4.69, 9.17) is 0 Å². The van der Waals surface area contributed by atoms with Gasteiger partial charge in [0, 0.05) is 18.6 Å². The molecule has 88 valence electrons. The van der Waals surface area contributed by atoms with Crippen LogP contribution in [0, 0.1) is 0 Å². The fourth-order valence-corrected chi connectivity index (χ4v) is 1.46. The van der Waals surface area contributed by atoms with Crippen LogP contribution in [-0.4, -0.2) is 35.3 Å². The Labute approximate surface area is 99.2 Å². The molecule has 0 aliphatic rings. The van der Waals surface area contributed by atoms with Gasteiger partial charge in [0.15, 0.2) is 6.29 Å². The summed E-state index contributed by atoms with van der Waals surface area (Å²) in [4.78, 5) is 17.9. The van der Waals surface area contributed by atoms with Crippen LogP contribution in [0.2, 0.25) is 0 Å². The summed E-state index contributed by atoms with van der Waals surface area (Å²) in [5, 5.41) is 0. The molecule has 0 unspecified atom stereocenters. The molecule has 0 bridgehead atoms. The van der Waals surface area contributed by atoms with Gasteiger partial charge < -0.3 is 10.4 Å². The van der Waals surface area contributed by atoms with Crippen LogP contribution in [0.1, 0.15) is 16.2 Å². The number of hydrogen-bond donors (Lipinski definition) is 2. The van der Waals surface area contributed by atoms with Crippen molar-refractivity contribution in [2.24, 2.45) is 4.99 Å². The molecular formula is C12H14N4O. The average Bonchev–Trinajstić information content (AvgIpc) is 2.98. The van der Waals surface area contributed by atoms with Crippen molar-refractivity contribution in [2.45, 2.75) is 0 Å². The number of carbonyl (C=O) groups excluding carboxylic acids is 1. The molecule has 0 spiro atoms. The van der Waals surface area contributed by atoms with Crippen LogP contribution < -0.4 is 5.43 Å². The van der Waals surface area contributed by atoms with E-state index in [2.05, 4.69) is 15.4 Å². The van der Waals surface area contributed by atoms with Crippen LogP contribution in [-0.2, 0) is 0 Å². The molecule has 0 saturated carbocycles. The van der Waals surface area contributed by atoms with Gasteiger partial charge in [0.25, 0.3) is 0 Å². The SMILES string of the molecule is O=Cc1cccn1NCCN=Cc1ccc[nH]1. The van der Waals surface area contributed by atoms with Crippen LogP contribution in [0.4, 0.5) is 0 Å². The van der Waals surface area contributed by atoms with Crippen LogP contribution in [0.15, 0.2) is 41.7 Å². The lowest BCUT2D eigenvalue weighted by molar-refractivity contribution is 0.111. The van der Waals surface area contributed by atoms with Gasteiger partial charge in [-0.25, -0.2) is 0 Å².